The van der Waals surface area contributed by atoms with Crippen molar-refractivity contribution < 1.29 is 24.4 Å². The van der Waals surface area contributed by atoms with Gasteiger partial charge in [-0.3, -0.25) is 19.7 Å². The Kier molecular flexibility index (Phi) is 3.53. The van der Waals surface area contributed by atoms with Crippen LogP contribution in [-0.2, 0) is 0 Å². The number of carbonyl (C=O) groups is 3. The highest BCUT2D eigenvalue weighted by molar-refractivity contribution is 6.41. The lowest BCUT2D eigenvalue weighted by Gasteiger charge is -1.97. The van der Waals surface area contributed by atoms with Crippen LogP contribution in [0.25, 0.3) is 6.08 Å². The number of non-ortho nitro benzene ring substituents is 1. The maximum absolute atomic E-state index is 12.4. The van der Waals surface area contributed by atoms with Crippen molar-refractivity contribution in [3.05, 3.63) is 80.4 Å². The van der Waals surface area contributed by atoms with Gasteiger partial charge in [-0.1, -0.05) is 12.1 Å². The summed E-state index contributed by atoms with van der Waals surface area (Å²) < 4.78 is 0. The minimum atomic E-state index is -1.20. The Morgan fingerprint density at radius 3 is 2.42 bits per heavy atom. The normalized spacial score (nSPS) is 14.8. The fourth-order valence-electron chi connectivity index (χ4n) is 2.48. The van der Waals surface area contributed by atoms with Crippen LogP contribution in [-0.4, -0.2) is 27.6 Å². The molecule has 0 saturated carbocycles. The lowest BCUT2D eigenvalue weighted by Crippen LogP contribution is -2.01. The Balaban J connectivity index is 2.06. The SMILES string of the molecule is O=C(O)c1ccc2c(c1)C(=O)/C(=C\c1cccc([N+](=O)[O-])c1)C2=O. The summed E-state index contributed by atoms with van der Waals surface area (Å²) >= 11 is 0. The minimum absolute atomic E-state index is 0.0246. The number of ketones is 2. The van der Waals surface area contributed by atoms with Crippen LogP contribution in [0.15, 0.2) is 48.0 Å². The predicted molar refractivity (Wildman–Crippen MR) is 83.1 cm³/mol. The lowest BCUT2D eigenvalue weighted by molar-refractivity contribution is -0.384. The molecular weight excluding hydrogens is 314 g/mol. The standard InChI is InChI=1S/C17H9NO6/c19-15-12-5-4-10(17(21)22)8-13(12)16(20)14(15)7-9-2-1-3-11(6-9)18(23)24/h1-8H,(H,21,22)/b14-7-. The van der Waals surface area contributed by atoms with Gasteiger partial charge >= 0.3 is 5.97 Å². The Bertz CT molecular complexity index is 957. The molecule has 118 valence electrons. The van der Waals surface area contributed by atoms with Crippen LogP contribution < -0.4 is 0 Å². The molecule has 0 aromatic heterocycles. The fraction of sp³-hybridized carbons (Fsp3) is 0. The second-order valence-corrected chi connectivity index (χ2v) is 5.13. The first-order valence-corrected chi connectivity index (χ1v) is 6.81. The van der Waals surface area contributed by atoms with Crippen LogP contribution >= 0.6 is 0 Å². The summed E-state index contributed by atoms with van der Waals surface area (Å²) in [5.41, 5.74) is 0.0953. The highest BCUT2D eigenvalue weighted by atomic mass is 16.6. The number of hydrogen-bond acceptors (Lipinski definition) is 5. The van der Waals surface area contributed by atoms with E-state index < -0.39 is 22.5 Å². The van der Waals surface area contributed by atoms with Crippen LogP contribution in [0.1, 0.15) is 36.6 Å². The summed E-state index contributed by atoms with van der Waals surface area (Å²) in [4.78, 5) is 45.9. The number of Topliss-reactive ketones (excluding diaryl/α,β-unsaturated/α-hetero) is 2. The van der Waals surface area contributed by atoms with Crippen LogP contribution in [0.3, 0.4) is 0 Å². The molecule has 0 bridgehead atoms. The fourth-order valence-corrected chi connectivity index (χ4v) is 2.48. The summed E-state index contributed by atoms with van der Waals surface area (Å²) in [5.74, 6) is -2.32. The molecule has 1 N–H and O–H groups in total. The first-order chi connectivity index (χ1) is 11.4. The number of carboxylic acids is 1. The van der Waals surface area contributed by atoms with E-state index in [4.69, 9.17) is 5.11 Å². The molecular formula is C17H9NO6. The van der Waals surface area contributed by atoms with Crippen molar-refractivity contribution in [2.45, 2.75) is 0 Å². The number of aromatic carboxylic acids is 1. The molecule has 0 saturated heterocycles. The number of carbonyl (C=O) groups excluding carboxylic acids is 2. The van der Waals surface area contributed by atoms with E-state index in [0.29, 0.717) is 5.56 Å². The third-order valence-corrected chi connectivity index (χ3v) is 3.64. The number of nitrogens with zero attached hydrogens (tertiary/aromatic N) is 1. The summed E-state index contributed by atoms with van der Waals surface area (Å²) in [5, 5.41) is 19.8. The Labute approximate surface area is 135 Å². The third kappa shape index (κ3) is 2.48. The summed E-state index contributed by atoms with van der Waals surface area (Å²) in [6.07, 6.45) is 1.28. The monoisotopic (exact) mass is 323 g/mol. The molecule has 1 aliphatic carbocycles. The average molecular weight is 323 g/mol. The van der Waals surface area contributed by atoms with Gasteiger partial charge in [0.05, 0.1) is 16.1 Å². The van der Waals surface area contributed by atoms with Gasteiger partial charge in [-0.2, -0.15) is 0 Å². The van der Waals surface area contributed by atoms with E-state index in [-0.39, 0.29) is 28.0 Å². The number of hydrogen-bond donors (Lipinski definition) is 1. The van der Waals surface area contributed by atoms with Crippen LogP contribution in [0.2, 0.25) is 0 Å². The van der Waals surface area contributed by atoms with E-state index in [0.717, 1.165) is 6.07 Å². The van der Waals surface area contributed by atoms with Crippen molar-refractivity contribution in [3.63, 3.8) is 0 Å². The second-order valence-electron chi connectivity index (χ2n) is 5.13. The molecule has 7 nitrogen and oxygen atoms in total. The van der Waals surface area contributed by atoms with Crippen molar-refractivity contribution in [1.82, 2.24) is 0 Å². The Morgan fingerprint density at radius 2 is 1.75 bits per heavy atom. The summed E-state index contributed by atoms with van der Waals surface area (Å²) in [6.45, 7) is 0. The number of nitro groups is 1. The number of fused-ring (bicyclic) bond motifs is 1. The third-order valence-electron chi connectivity index (χ3n) is 3.64. The molecule has 1 aliphatic rings. The zero-order valence-electron chi connectivity index (χ0n) is 12.1. The smallest absolute Gasteiger partial charge is 0.335 e. The molecule has 0 radical (unpaired) electrons. The van der Waals surface area contributed by atoms with E-state index in [1.807, 2.05) is 0 Å². The van der Waals surface area contributed by atoms with Crippen molar-refractivity contribution >= 4 is 29.3 Å². The average Bonchev–Trinajstić information content (AvgIpc) is 2.79. The molecule has 0 fully saturated rings. The van der Waals surface area contributed by atoms with E-state index in [9.17, 15) is 24.5 Å². The molecule has 2 aromatic carbocycles. The zero-order chi connectivity index (χ0) is 17.4. The van der Waals surface area contributed by atoms with Gasteiger partial charge in [-0.15, -0.1) is 0 Å². The highest BCUT2D eigenvalue weighted by Gasteiger charge is 2.33. The minimum Gasteiger partial charge on any atom is -0.478 e. The van der Waals surface area contributed by atoms with E-state index in [1.54, 1.807) is 0 Å². The van der Waals surface area contributed by atoms with E-state index in [1.165, 1.54) is 42.5 Å². The van der Waals surface area contributed by atoms with Gasteiger partial charge in [0.15, 0.2) is 11.6 Å². The lowest BCUT2D eigenvalue weighted by atomic mass is 10.1. The van der Waals surface area contributed by atoms with Crippen LogP contribution in [0.4, 0.5) is 5.69 Å². The quantitative estimate of drug-likeness (QED) is 0.402. The molecule has 0 unspecified atom stereocenters. The van der Waals surface area contributed by atoms with Crippen LogP contribution in [0, 0.1) is 10.1 Å². The van der Waals surface area contributed by atoms with Crippen molar-refractivity contribution in [3.8, 4) is 0 Å². The summed E-state index contributed by atoms with van der Waals surface area (Å²) in [7, 11) is 0. The number of allylic oxidation sites excluding steroid dienone is 1. The van der Waals surface area contributed by atoms with Gasteiger partial charge in [0.2, 0.25) is 0 Å². The highest BCUT2D eigenvalue weighted by Crippen LogP contribution is 2.29. The molecule has 3 rings (SSSR count). The maximum atomic E-state index is 12.4. The number of carboxylic acid groups (broad SMARTS) is 1. The number of nitro benzene ring substituents is 1. The summed E-state index contributed by atoms with van der Waals surface area (Å²) in [6, 6.07) is 9.24. The molecule has 0 spiro atoms. The number of rotatable bonds is 3. The topological polar surface area (TPSA) is 115 Å². The van der Waals surface area contributed by atoms with Gasteiger partial charge in [0.25, 0.3) is 5.69 Å². The van der Waals surface area contributed by atoms with Gasteiger partial charge in [0, 0.05) is 23.3 Å². The molecule has 0 heterocycles. The van der Waals surface area contributed by atoms with E-state index in [2.05, 4.69) is 0 Å². The zero-order valence-corrected chi connectivity index (χ0v) is 12.1. The van der Waals surface area contributed by atoms with E-state index >= 15 is 0 Å². The molecule has 0 amide bonds. The molecule has 0 aliphatic heterocycles. The van der Waals surface area contributed by atoms with Crippen molar-refractivity contribution in [2.24, 2.45) is 0 Å². The van der Waals surface area contributed by atoms with Gasteiger partial charge in [-0.05, 0) is 29.8 Å². The van der Waals surface area contributed by atoms with Gasteiger partial charge < -0.3 is 5.11 Å². The van der Waals surface area contributed by atoms with Gasteiger partial charge in [-0.25, -0.2) is 4.79 Å². The largest absolute Gasteiger partial charge is 0.478 e. The molecule has 2 aromatic rings. The van der Waals surface area contributed by atoms with Gasteiger partial charge in [0.1, 0.15) is 0 Å². The second kappa shape index (κ2) is 5.54. The molecule has 24 heavy (non-hydrogen) atoms. The Hall–Kier alpha value is -3.61. The number of benzene rings is 2. The first-order valence-electron chi connectivity index (χ1n) is 6.81. The first kappa shape index (κ1) is 15.3. The van der Waals surface area contributed by atoms with Crippen molar-refractivity contribution in [1.29, 1.82) is 0 Å². The van der Waals surface area contributed by atoms with Crippen molar-refractivity contribution in [2.75, 3.05) is 0 Å². The predicted octanol–water partition coefficient (Wildman–Crippen LogP) is 2.76. The molecule has 0 atom stereocenters. The maximum Gasteiger partial charge on any atom is 0.335 e. The van der Waals surface area contributed by atoms with Crippen LogP contribution in [0.5, 0.6) is 0 Å². The Morgan fingerprint density at radius 1 is 1.04 bits per heavy atom. The molecule has 7 heteroatoms.